The molecule has 0 aliphatic carbocycles. The zero-order chi connectivity index (χ0) is 21.3. The number of aromatic nitrogens is 4. The van der Waals surface area contributed by atoms with Crippen LogP contribution in [-0.4, -0.2) is 47.0 Å². The summed E-state index contributed by atoms with van der Waals surface area (Å²) in [6, 6.07) is 12.6. The molecule has 0 atom stereocenters. The molecule has 2 aromatic heterocycles. The molecule has 0 saturated carbocycles. The topological polar surface area (TPSA) is 103 Å². The number of amides is 1. The van der Waals surface area contributed by atoms with Gasteiger partial charge in [0.05, 0.1) is 38.1 Å². The summed E-state index contributed by atoms with van der Waals surface area (Å²) in [7, 11) is 4.51. The second-order valence-electron chi connectivity index (χ2n) is 6.53. The maximum Gasteiger partial charge on any atom is 0.257 e. The van der Waals surface area contributed by atoms with E-state index in [1.54, 1.807) is 22.9 Å². The Balaban J connectivity index is 1.69. The molecule has 30 heavy (non-hydrogen) atoms. The summed E-state index contributed by atoms with van der Waals surface area (Å²) in [5, 5.41) is 7.34. The van der Waals surface area contributed by atoms with Crippen molar-refractivity contribution in [2.45, 2.75) is 6.92 Å². The lowest BCUT2D eigenvalue weighted by Crippen LogP contribution is -2.16. The van der Waals surface area contributed by atoms with Crippen molar-refractivity contribution >= 4 is 22.8 Å². The highest BCUT2D eigenvalue weighted by Gasteiger charge is 2.19. The number of carbonyl (C=O) groups is 1. The summed E-state index contributed by atoms with van der Waals surface area (Å²) in [5.74, 6) is 1.83. The number of hydrogen-bond donors (Lipinski definition) is 2. The molecule has 4 aromatic rings. The summed E-state index contributed by atoms with van der Waals surface area (Å²) in [6.07, 6.45) is 0. The highest BCUT2D eigenvalue weighted by Crippen LogP contribution is 2.38. The number of anilines is 1. The molecule has 0 spiro atoms. The number of H-pyrrole nitrogens is 1. The van der Waals surface area contributed by atoms with E-state index in [0.717, 1.165) is 16.7 Å². The largest absolute Gasteiger partial charge is 0.493 e. The van der Waals surface area contributed by atoms with Gasteiger partial charge in [-0.3, -0.25) is 4.79 Å². The van der Waals surface area contributed by atoms with E-state index >= 15 is 0 Å². The molecule has 9 heteroatoms. The van der Waals surface area contributed by atoms with Gasteiger partial charge in [-0.05, 0) is 31.2 Å². The maximum absolute atomic E-state index is 13.0. The molecule has 4 rings (SSSR count). The Kier molecular flexibility index (Phi) is 5.01. The van der Waals surface area contributed by atoms with Crippen molar-refractivity contribution in [3.63, 3.8) is 0 Å². The minimum atomic E-state index is -0.355. The van der Waals surface area contributed by atoms with Gasteiger partial charge in [-0.15, -0.1) is 0 Å². The van der Waals surface area contributed by atoms with Crippen LogP contribution >= 0.6 is 0 Å². The number of fused-ring (bicyclic) bond motifs is 1. The van der Waals surface area contributed by atoms with Crippen molar-refractivity contribution in [2.75, 3.05) is 26.6 Å². The third kappa shape index (κ3) is 3.41. The first kappa shape index (κ1) is 19.3. The van der Waals surface area contributed by atoms with E-state index in [0.29, 0.717) is 34.6 Å². The van der Waals surface area contributed by atoms with Crippen LogP contribution in [0, 0.1) is 6.92 Å². The summed E-state index contributed by atoms with van der Waals surface area (Å²) in [4.78, 5) is 20.7. The molecule has 1 amide bonds. The molecule has 0 fully saturated rings. The van der Waals surface area contributed by atoms with Crippen molar-refractivity contribution in [1.82, 2.24) is 19.7 Å². The Morgan fingerprint density at radius 1 is 1.03 bits per heavy atom. The van der Waals surface area contributed by atoms with Gasteiger partial charge in [-0.2, -0.15) is 9.78 Å². The van der Waals surface area contributed by atoms with Crippen LogP contribution in [-0.2, 0) is 0 Å². The molecular weight excluding hydrogens is 386 g/mol. The van der Waals surface area contributed by atoms with Crippen molar-refractivity contribution in [2.24, 2.45) is 0 Å². The number of rotatable bonds is 6. The molecule has 9 nitrogen and oxygen atoms in total. The fourth-order valence-corrected chi connectivity index (χ4v) is 3.19. The third-order valence-electron chi connectivity index (χ3n) is 4.58. The van der Waals surface area contributed by atoms with Crippen LogP contribution in [0.15, 0.2) is 42.5 Å². The number of para-hydroxylation sites is 2. The van der Waals surface area contributed by atoms with Gasteiger partial charge in [0.15, 0.2) is 11.5 Å². The van der Waals surface area contributed by atoms with E-state index in [1.165, 1.54) is 21.3 Å². The van der Waals surface area contributed by atoms with Crippen LogP contribution in [0.2, 0.25) is 0 Å². The first-order valence-corrected chi connectivity index (χ1v) is 9.17. The van der Waals surface area contributed by atoms with E-state index in [4.69, 9.17) is 14.2 Å². The Labute approximate surface area is 172 Å². The molecule has 0 unspecified atom stereocenters. The van der Waals surface area contributed by atoms with Gasteiger partial charge in [-0.25, -0.2) is 4.98 Å². The number of carbonyl (C=O) groups excluding carboxylic acids is 1. The van der Waals surface area contributed by atoms with Gasteiger partial charge in [0.2, 0.25) is 11.7 Å². The van der Waals surface area contributed by atoms with Crippen LogP contribution in [0.5, 0.6) is 17.2 Å². The Morgan fingerprint density at radius 2 is 1.73 bits per heavy atom. The fourth-order valence-electron chi connectivity index (χ4n) is 3.19. The zero-order valence-corrected chi connectivity index (χ0v) is 17.0. The predicted molar refractivity (Wildman–Crippen MR) is 112 cm³/mol. The molecule has 2 N–H and O–H groups in total. The molecule has 0 aliphatic heterocycles. The van der Waals surface area contributed by atoms with Crippen LogP contribution in [0.3, 0.4) is 0 Å². The van der Waals surface area contributed by atoms with Crippen LogP contribution in [0.25, 0.3) is 17.0 Å². The average Bonchev–Trinajstić information content (AvgIpc) is 3.35. The van der Waals surface area contributed by atoms with Crippen molar-refractivity contribution in [3.8, 4) is 23.2 Å². The van der Waals surface area contributed by atoms with Crippen LogP contribution in [0.4, 0.5) is 5.82 Å². The van der Waals surface area contributed by atoms with Crippen molar-refractivity contribution < 1.29 is 19.0 Å². The standard InChI is InChI=1S/C21H21N5O4/c1-12-9-18(26(25-12)21-22-14-7-5-6-8-15(14)23-21)24-20(27)13-10-16(28-2)19(30-4)17(11-13)29-3/h5-11H,1-4H3,(H,22,23)(H,24,27). The quantitative estimate of drug-likeness (QED) is 0.508. The number of aryl methyl sites for hydroxylation is 1. The zero-order valence-electron chi connectivity index (χ0n) is 17.0. The number of benzene rings is 2. The predicted octanol–water partition coefficient (Wildman–Crippen LogP) is 3.34. The second-order valence-corrected chi connectivity index (χ2v) is 6.53. The number of imidazole rings is 1. The van der Waals surface area contributed by atoms with E-state index in [-0.39, 0.29) is 5.91 Å². The van der Waals surface area contributed by atoms with Gasteiger partial charge < -0.3 is 24.5 Å². The monoisotopic (exact) mass is 407 g/mol. The first-order valence-electron chi connectivity index (χ1n) is 9.17. The van der Waals surface area contributed by atoms with Gasteiger partial charge in [0.25, 0.3) is 5.91 Å². The highest BCUT2D eigenvalue weighted by molar-refractivity contribution is 6.04. The highest BCUT2D eigenvalue weighted by atomic mass is 16.5. The maximum atomic E-state index is 13.0. The summed E-state index contributed by atoms with van der Waals surface area (Å²) in [5.41, 5.74) is 2.76. The van der Waals surface area contributed by atoms with E-state index in [9.17, 15) is 4.79 Å². The Morgan fingerprint density at radius 3 is 2.37 bits per heavy atom. The fraction of sp³-hybridized carbons (Fsp3) is 0.190. The summed E-state index contributed by atoms with van der Waals surface area (Å²) < 4.78 is 17.5. The smallest absolute Gasteiger partial charge is 0.257 e. The number of nitrogens with one attached hydrogen (secondary N) is 2. The third-order valence-corrected chi connectivity index (χ3v) is 4.58. The molecule has 2 heterocycles. The van der Waals surface area contributed by atoms with Gasteiger partial charge in [0, 0.05) is 11.6 Å². The minimum absolute atomic E-state index is 0.347. The number of methoxy groups -OCH3 is 3. The van der Waals surface area contributed by atoms with Gasteiger partial charge in [-0.1, -0.05) is 12.1 Å². The van der Waals surface area contributed by atoms with Crippen LogP contribution < -0.4 is 19.5 Å². The minimum Gasteiger partial charge on any atom is -0.493 e. The second kappa shape index (κ2) is 7.78. The Hall–Kier alpha value is -4.01. The van der Waals surface area contributed by atoms with E-state index < -0.39 is 0 Å². The van der Waals surface area contributed by atoms with Gasteiger partial charge in [0.1, 0.15) is 5.82 Å². The number of nitrogens with zero attached hydrogens (tertiary/aromatic N) is 3. The lowest BCUT2D eigenvalue weighted by atomic mass is 10.1. The molecule has 2 aromatic carbocycles. The summed E-state index contributed by atoms with van der Waals surface area (Å²) >= 11 is 0. The molecule has 0 saturated heterocycles. The summed E-state index contributed by atoms with van der Waals surface area (Å²) in [6.45, 7) is 1.84. The van der Waals surface area contributed by atoms with Crippen LogP contribution in [0.1, 0.15) is 16.1 Å². The number of hydrogen-bond acceptors (Lipinski definition) is 6. The number of ether oxygens (including phenoxy) is 3. The lowest BCUT2D eigenvalue weighted by Gasteiger charge is -2.14. The van der Waals surface area contributed by atoms with Gasteiger partial charge >= 0.3 is 0 Å². The molecule has 0 bridgehead atoms. The normalized spacial score (nSPS) is 10.8. The van der Waals surface area contributed by atoms with Crippen molar-refractivity contribution in [3.05, 3.63) is 53.7 Å². The SMILES string of the molecule is COc1cc(C(=O)Nc2cc(C)nn2-c2nc3ccccc3[nH]2)cc(OC)c1OC. The molecule has 0 aliphatic rings. The Bertz CT molecular complexity index is 1170. The molecule has 0 radical (unpaired) electrons. The van der Waals surface area contributed by atoms with E-state index in [2.05, 4.69) is 20.4 Å². The molecular formula is C21H21N5O4. The van der Waals surface area contributed by atoms with Crippen molar-refractivity contribution in [1.29, 1.82) is 0 Å². The van der Waals surface area contributed by atoms with E-state index in [1.807, 2.05) is 31.2 Å². The average molecular weight is 407 g/mol. The number of aromatic amines is 1. The first-order chi connectivity index (χ1) is 14.5. The molecule has 154 valence electrons. The lowest BCUT2D eigenvalue weighted by molar-refractivity contribution is 0.102.